The lowest BCUT2D eigenvalue weighted by Crippen LogP contribution is -2.38. The number of carboxylic acid groups (broad SMARTS) is 1. The van der Waals surface area contributed by atoms with E-state index in [1.807, 2.05) is 12.1 Å². The van der Waals surface area contributed by atoms with Crippen LogP contribution in [0.25, 0.3) is 0 Å². The fourth-order valence-corrected chi connectivity index (χ4v) is 6.24. The van der Waals surface area contributed by atoms with E-state index in [-0.39, 0.29) is 17.8 Å². The number of halogens is 1. The largest absolute Gasteiger partial charge is 0.481 e. The van der Waals surface area contributed by atoms with Gasteiger partial charge in [0.05, 0.1) is 11.7 Å². The highest BCUT2D eigenvalue weighted by molar-refractivity contribution is 9.10. The number of hydrogen-bond donors (Lipinski definition) is 1. The highest BCUT2D eigenvalue weighted by atomic mass is 79.9. The lowest BCUT2D eigenvalue weighted by molar-refractivity contribution is -0.142. The average molecular weight is 374 g/mol. The van der Waals surface area contributed by atoms with Crippen LogP contribution < -0.4 is 0 Å². The Morgan fingerprint density at radius 2 is 2.05 bits per heavy atom. The van der Waals surface area contributed by atoms with Crippen molar-refractivity contribution in [1.82, 2.24) is 4.31 Å². The van der Waals surface area contributed by atoms with E-state index in [2.05, 4.69) is 15.9 Å². The summed E-state index contributed by atoms with van der Waals surface area (Å²) >= 11 is 3.36. The number of sulfonamides is 1. The van der Waals surface area contributed by atoms with Gasteiger partial charge in [-0.2, -0.15) is 4.31 Å². The summed E-state index contributed by atoms with van der Waals surface area (Å²) in [6, 6.07) is 6.69. The molecular formula is C14H16BrNO4S. The molecule has 0 radical (unpaired) electrons. The summed E-state index contributed by atoms with van der Waals surface area (Å²) in [4.78, 5) is 11.2. The van der Waals surface area contributed by atoms with Gasteiger partial charge in [0.25, 0.3) is 0 Å². The third kappa shape index (κ3) is 2.62. The van der Waals surface area contributed by atoms with Gasteiger partial charge >= 0.3 is 5.97 Å². The second kappa shape index (κ2) is 5.37. The molecule has 1 aromatic rings. The summed E-state index contributed by atoms with van der Waals surface area (Å²) in [5.41, 5.74) is 0.704. The van der Waals surface area contributed by atoms with Crippen LogP contribution in [0.15, 0.2) is 28.7 Å². The van der Waals surface area contributed by atoms with E-state index in [0.717, 1.165) is 10.9 Å². The molecule has 7 heteroatoms. The van der Waals surface area contributed by atoms with Crippen molar-refractivity contribution in [3.05, 3.63) is 34.3 Å². The molecule has 2 bridgehead atoms. The predicted molar refractivity (Wildman–Crippen MR) is 81.2 cm³/mol. The minimum atomic E-state index is -3.50. The first kappa shape index (κ1) is 15.0. The summed E-state index contributed by atoms with van der Waals surface area (Å²) < 4.78 is 27.6. The minimum Gasteiger partial charge on any atom is -0.481 e. The number of nitrogens with zero attached hydrogens (tertiary/aromatic N) is 1. The van der Waals surface area contributed by atoms with Crippen molar-refractivity contribution < 1.29 is 18.3 Å². The fourth-order valence-electron chi connectivity index (χ4n) is 3.52. The molecule has 3 atom stereocenters. The van der Waals surface area contributed by atoms with Crippen LogP contribution in [-0.2, 0) is 20.6 Å². The molecule has 2 aliphatic heterocycles. The molecule has 0 spiro atoms. The van der Waals surface area contributed by atoms with Crippen LogP contribution in [0.1, 0.15) is 24.8 Å². The van der Waals surface area contributed by atoms with Crippen molar-refractivity contribution in [1.29, 1.82) is 0 Å². The Labute approximate surface area is 132 Å². The zero-order valence-corrected chi connectivity index (χ0v) is 13.7. The van der Waals surface area contributed by atoms with Gasteiger partial charge in [-0.1, -0.05) is 34.1 Å². The van der Waals surface area contributed by atoms with Crippen molar-refractivity contribution in [2.45, 2.75) is 37.1 Å². The first-order chi connectivity index (χ1) is 9.90. The predicted octanol–water partition coefficient (Wildman–Crippen LogP) is 2.22. The van der Waals surface area contributed by atoms with Gasteiger partial charge < -0.3 is 5.11 Å². The molecule has 3 unspecified atom stereocenters. The Hall–Kier alpha value is -0.920. The van der Waals surface area contributed by atoms with E-state index in [0.29, 0.717) is 18.4 Å². The second-order valence-corrected chi connectivity index (χ2v) is 8.38. The first-order valence-electron chi connectivity index (χ1n) is 6.87. The minimum absolute atomic E-state index is 0.0895. The standard InChI is InChI=1S/C14H16BrNO4S/c15-12-4-2-1-3-9(12)8-21(19,20)16-10-5-6-13(16)11(7-10)14(17)18/h1-4,10-11,13H,5-8H2,(H,17,18). The molecular weight excluding hydrogens is 358 g/mol. The van der Waals surface area contributed by atoms with E-state index in [1.54, 1.807) is 12.1 Å². The van der Waals surface area contributed by atoms with E-state index >= 15 is 0 Å². The van der Waals surface area contributed by atoms with Gasteiger partial charge in [0.15, 0.2) is 0 Å². The van der Waals surface area contributed by atoms with Crippen molar-refractivity contribution in [3.63, 3.8) is 0 Å². The maximum atomic E-state index is 12.7. The monoisotopic (exact) mass is 373 g/mol. The van der Waals surface area contributed by atoms with E-state index in [4.69, 9.17) is 0 Å². The van der Waals surface area contributed by atoms with Crippen LogP contribution in [0.4, 0.5) is 0 Å². The van der Waals surface area contributed by atoms with Crippen molar-refractivity contribution in [2.75, 3.05) is 0 Å². The van der Waals surface area contributed by atoms with Crippen molar-refractivity contribution in [2.24, 2.45) is 5.92 Å². The lowest BCUT2D eigenvalue weighted by atomic mass is 9.89. The third-order valence-corrected chi connectivity index (χ3v) is 7.07. The summed E-state index contributed by atoms with van der Waals surface area (Å²) in [7, 11) is -3.50. The van der Waals surface area contributed by atoms with Crippen LogP contribution in [0.5, 0.6) is 0 Å². The molecule has 0 aromatic heterocycles. The summed E-state index contributed by atoms with van der Waals surface area (Å²) in [6.45, 7) is 0. The molecule has 5 nitrogen and oxygen atoms in total. The number of carboxylic acids is 1. The first-order valence-corrected chi connectivity index (χ1v) is 9.28. The van der Waals surface area contributed by atoms with Crippen LogP contribution in [0.3, 0.4) is 0 Å². The quantitative estimate of drug-likeness (QED) is 0.877. The lowest BCUT2D eigenvalue weighted by Gasteiger charge is -2.22. The average Bonchev–Trinajstić information content (AvgIpc) is 2.99. The highest BCUT2D eigenvalue weighted by Gasteiger charge is 2.53. The SMILES string of the molecule is O=C(O)C1CC2CCC1N2S(=O)(=O)Cc1ccccc1Br. The summed E-state index contributed by atoms with van der Waals surface area (Å²) in [6.07, 6.45) is 1.86. The Balaban J connectivity index is 1.87. The molecule has 0 saturated carbocycles. The van der Waals surface area contributed by atoms with Crippen molar-refractivity contribution in [3.8, 4) is 0 Å². The number of fused-ring (bicyclic) bond motifs is 2. The molecule has 114 valence electrons. The topological polar surface area (TPSA) is 74.7 Å². The number of rotatable bonds is 4. The Morgan fingerprint density at radius 3 is 2.67 bits per heavy atom. The molecule has 0 aliphatic carbocycles. The van der Waals surface area contributed by atoms with Crippen molar-refractivity contribution >= 4 is 31.9 Å². The van der Waals surface area contributed by atoms with Crippen LogP contribution >= 0.6 is 15.9 Å². The highest BCUT2D eigenvalue weighted by Crippen LogP contribution is 2.44. The summed E-state index contributed by atoms with van der Waals surface area (Å²) in [5, 5.41) is 9.22. The molecule has 2 aliphatic rings. The van der Waals surface area contributed by atoms with Gasteiger partial charge in [-0.15, -0.1) is 0 Å². The van der Waals surface area contributed by atoms with Gasteiger partial charge in [0.1, 0.15) is 0 Å². The van der Waals surface area contributed by atoms with Crippen LogP contribution in [0, 0.1) is 5.92 Å². The van der Waals surface area contributed by atoms with Gasteiger partial charge in [0, 0.05) is 16.6 Å². The second-order valence-electron chi connectivity index (χ2n) is 5.66. The maximum Gasteiger partial charge on any atom is 0.308 e. The molecule has 2 fully saturated rings. The third-order valence-electron chi connectivity index (χ3n) is 4.41. The van der Waals surface area contributed by atoms with Gasteiger partial charge in [-0.05, 0) is 30.9 Å². The molecule has 2 saturated heterocycles. The number of carbonyl (C=O) groups is 1. The molecule has 3 rings (SSSR count). The van der Waals surface area contributed by atoms with Crippen LogP contribution in [-0.4, -0.2) is 35.9 Å². The Kier molecular flexibility index (Phi) is 3.83. The Bertz CT molecular complexity index is 675. The van der Waals surface area contributed by atoms with E-state index in [9.17, 15) is 18.3 Å². The zero-order chi connectivity index (χ0) is 15.2. The van der Waals surface area contributed by atoms with Gasteiger partial charge in [-0.25, -0.2) is 8.42 Å². The van der Waals surface area contributed by atoms with Gasteiger partial charge in [0.2, 0.25) is 10.0 Å². The smallest absolute Gasteiger partial charge is 0.308 e. The molecule has 0 amide bonds. The maximum absolute atomic E-state index is 12.7. The Morgan fingerprint density at radius 1 is 1.33 bits per heavy atom. The van der Waals surface area contributed by atoms with Gasteiger partial charge in [-0.3, -0.25) is 4.79 Å². The number of aliphatic carboxylic acids is 1. The van der Waals surface area contributed by atoms with E-state index in [1.165, 1.54) is 4.31 Å². The number of benzene rings is 1. The van der Waals surface area contributed by atoms with E-state index < -0.39 is 21.9 Å². The molecule has 2 heterocycles. The molecule has 1 aromatic carbocycles. The summed E-state index contributed by atoms with van der Waals surface area (Å²) in [5.74, 6) is -1.53. The normalized spacial score (nSPS) is 28.9. The van der Waals surface area contributed by atoms with Crippen LogP contribution in [0.2, 0.25) is 0 Å². The fraction of sp³-hybridized carbons (Fsp3) is 0.500. The molecule has 1 N–H and O–H groups in total. The zero-order valence-electron chi connectivity index (χ0n) is 11.3. The number of hydrogen-bond acceptors (Lipinski definition) is 3. The molecule has 21 heavy (non-hydrogen) atoms.